The van der Waals surface area contributed by atoms with Crippen molar-refractivity contribution in [2.45, 2.75) is 34.6 Å². The number of benzene rings is 1. The molecule has 0 saturated carbocycles. The number of aromatic nitrogens is 2. The summed E-state index contributed by atoms with van der Waals surface area (Å²) in [5.41, 5.74) is 0.467. The molecular formula is C15H15N3O4S. The van der Waals surface area contributed by atoms with Gasteiger partial charge >= 0.3 is 5.69 Å². The van der Waals surface area contributed by atoms with Crippen molar-refractivity contribution in [1.82, 2.24) is 9.55 Å². The lowest BCUT2D eigenvalue weighted by Crippen LogP contribution is -2.28. The second kappa shape index (κ2) is 5.64. The van der Waals surface area contributed by atoms with Crippen LogP contribution in [0, 0.1) is 0 Å². The average Bonchev–Trinajstić information content (AvgIpc) is 2.93. The minimum Gasteiger partial charge on any atom is -0.394 e. The summed E-state index contributed by atoms with van der Waals surface area (Å²) in [6.45, 7) is -0.283. The maximum atomic E-state index is 12.3. The number of anilines is 2. The number of hydrogen-bond acceptors (Lipinski definition) is 7. The highest BCUT2D eigenvalue weighted by Gasteiger charge is 2.35. The first kappa shape index (κ1) is 14.7. The molecule has 1 aromatic heterocycles. The molecule has 7 nitrogen and oxygen atoms in total. The Bertz CT molecular complexity index is 810. The summed E-state index contributed by atoms with van der Waals surface area (Å²) in [6.07, 6.45) is -0.144. The third-order valence-electron chi connectivity index (χ3n) is 3.97. The van der Waals surface area contributed by atoms with Gasteiger partial charge in [-0.1, -0.05) is 23.9 Å². The predicted molar refractivity (Wildman–Crippen MR) is 84.0 cm³/mol. The Labute approximate surface area is 135 Å². The fourth-order valence-electron chi connectivity index (χ4n) is 2.78. The van der Waals surface area contributed by atoms with Crippen LogP contribution in [0.2, 0.25) is 0 Å². The Hall–Kier alpha value is -1.87. The summed E-state index contributed by atoms with van der Waals surface area (Å²) in [5, 5.41) is 22.2. The van der Waals surface area contributed by atoms with E-state index < -0.39 is 24.1 Å². The van der Waals surface area contributed by atoms with Crippen molar-refractivity contribution in [3.63, 3.8) is 0 Å². The van der Waals surface area contributed by atoms with Crippen LogP contribution >= 0.6 is 11.8 Å². The Morgan fingerprint density at radius 2 is 2.22 bits per heavy atom. The SMILES string of the molecule is O=c1nc2c(cn1[C@H]1CC(O)[C@@H](CO)O1)Sc1ccccc1N2. The quantitative estimate of drug-likeness (QED) is 0.646. The van der Waals surface area contributed by atoms with Crippen molar-refractivity contribution < 1.29 is 14.9 Å². The van der Waals surface area contributed by atoms with Gasteiger partial charge in [0.25, 0.3) is 0 Å². The molecule has 0 spiro atoms. The largest absolute Gasteiger partial charge is 0.394 e. The van der Waals surface area contributed by atoms with Crippen LogP contribution in [0.15, 0.2) is 45.0 Å². The molecule has 1 fully saturated rings. The van der Waals surface area contributed by atoms with E-state index in [1.807, 2.05) is 24.3 Å². The minimum absolute atomic E-state index is 0.250. The first-order chi connectivity index (χ1) is 11.2. The van der Waals surface area contributed by atoms with Crippen molar-refractivity contribution in [1.29, 1.82) is 0 Å². The zero-order chi connectivity index (χ0) is 16.0. The molecule has 0 bridgehead atoms. The van der Waals surface area contributed by atoms with E-state index in [1.54, 1.807) is 6.20 Å². The van der Waals surface area contributed by atoms with Crippen molar-refractivity contribution >= 4 is 23.3 Å². The van der Waals surface area contributed by atoms with Crippen LogP contribution in [0.3, 0.4) is 0 Å². The Morgan fingerprint density at radius 1 is 1.39 bits per heavy atom. The van der Waals surface area contributed by atoms with E-state index >= 15 is 0 Å². The van der Waals surface area contributed by atoms with Crippen LogP contribution in [0.25, 0.3) is 0 Å². The molecule has 3 atom stereocenters. The third-order valence-corrected chi connectivity index (χ3v) is 5.07. The van der Waals surface area contributed by atoms with Crippen LogP contribution in [-0.4, -0.2) is 38.6 Å². The molecule has 0 radical (unpaired) electrons. The van der Waals surface area contributed by atoms with Crippen LogP contribution < -0.4 is 11.0 Å². The van der Waals surface area contributed by atoms with Crippen molar-refractivity contribution in [3.8, 4) is 0 Å². The van der Waals surface area contributed by atoms with E-state index in [9.17, 15) is 9.90 Å². The molecule has 1 aromatic carbocycles. The Morgan fingerprint density at radius 3 is 3.00 bits per heavy atom. The number of fused-ring (bicyclic) bond motifs is 2. The number of para-hydroxylation sites is 1. The summed E-state index contributed by atoms with van der Waals surface area (Å²) in [6, 6.07) is 7.79. The fourth-order valence-corrected chi connectivity index (χ4v) is 3.75. The molecule has 0 aliphatic carbocycles. The van der Waals surface area contributed by atoms with Gasteiger partial charge in [-0.15, -0.1) is 0 Å². The molecule has 8 heteroatoms. The summed E-state index contributed by atoms with van der Waals surface area (Å²) in [5.74, 6) is 0.521. The van der Waals surface area contributed by atoms with Gasteiger partial charge in [-0.2, -0.15) is 4.98 Å². The first-order valence-electron chi connectivity index (χ1n) is 7.27. The molecule has 120 valence electrons. The molecule has 2 aromatic rings. The summed E-state index contributed by atoms with van der Waals surface area (Å²) in [4.78, 5) is 18.2. The molecule has 23 heavy (non-hydrogen) atoms. The standard InChI is InChI=1S/C15H15N3O4S/c19-7-10-9(20)5-13(22-10)18-6-12-14(17-15(18)21)16-8-3-1-2-4-11(8)23-12/h1-4,6,9-10,13,19-20H,5,7H2,(H,16,17,21)/t9?,10-,13-/m1/s1. The molecule has 4 rings (SSSR count). The van der Waals surface area contributed by atoms with Gasteiger partial charge in [-0.3, -0.25) is 4.57 Å². The lowest BCUT2D eigenvalue weighted by atomic mass is 10.2. The molecule has 3 N–H and O–H groups in total. The molecule has 1 saturated heterocycles. The van der Waals surface area contributed by atoms with Gasteiger partial charge in [0.05, 0.1) is 23.3 Å². The molecular weight excluding hydrogens is 318 g/mol. The number of nitrogens with zero attached hydrogens (tertiary/aromatic N) is 2. The predicted octanol–water partition coefficient (Wildman–Crippen LogP) is 1.09. The minimum atomic E-state index is -0.792. The van der Waals surface area contributed by atoms with E-state index in [1.165, 1.54) is 16.3 Å². The van der Waals surface area contributed by atoms with Gasteiger partial charge in [0, 0.05) is 17.5 Å². The van der Waals surface area contributed by atoms with Gasteiger partial charge in [-0.05, 0) is 12.1 Å². The average molecular weight is 333 g/mol. The fraction of sp³-hybridized carbons (Fsp3) is 0.333. The van der Waals surface area contributed by atoms with E-state index in [0.29, 0.717) is 5.82 Å². The van der Waals surface area contributed by atoms with Gasteiger partial charge < -0.3 is 20.3 Å². The maximum absolute atomic E-state index is 12.3. The molecule has 2 aliphatic rings. The normalized spacial score (nSPS) is 25.6. The molecule has 1 unspecified atom stereocenters. The number of hydrogen-bond donors (Lipinski definition) is 3. The maximum Gasteiger partial charge on any atom is 0.351 e. The zero-order valence-corrected chi connectivity index (χ0v) is 12.9. The highest BCUT2D eigenvalue weighted by molar-refractivity contribution is 7.99. The number of nitrogens with one attached hydrogen (secondary N) is 1. The van der Waals surface area contributed by atoms with Crippen LogP contribution in [0.1, 0.15) is 12.6 Å². The van der Waals surface area contributed by atoms with E-state index in [-0.39, 0.29) is 13.0 Å². The lowest BCUT2D eigenvalue weighted by molar-refractivity contribution is -0.0460. The van der Waals surface area contributed by atoms with Crippen LogP contribution in [-0.2, 0) is 4.74 Å². The lowest BCUT2D eigenvalue weighted by Gasteiger charge is -2.22. The molecule has 2 aliphatic heterocycles. The Balaban J connectivity index is 1.69. The Kier molecular flexibility index (Phi) is 3.61. The second-order valence-corrected chi connectivity index (χ2v) is 6.57. The van der Waals surface area contributed by atoms with E-state index in [0.717, 1.165) is 15.5 Å². The number of aliphatic hydroxyl groups is 2. The van der Waals surface area contributed by atoms with Crippen molar-refractivity contribution in [2.24, 2.45) is 0 Å². The smallest absolute Gasteiger partial charge is 0.351 e. The highest BCUT2D eigenvalue weighted by atomic mass is 32.2. The second-order valence-electron chi connectivity index (χ2n) is 5.48. The van der Waals surface area contributed by atoms with Gasteiger partial charge in [0.1, 0.15) is 12.3 Å². The van der Waals surface area contributed by atoms with Gasteiger partial charge in [0.15, 0.2) is 5.82 Å². The van der Waals surface area contributed by atoms with E-state index in [2.05, 4.69) is 10.3 Å². The van der Waals surface area contributed by atoms with Crippen molar-refractivity contribution in [3.05, 3.63) is 40.9 Å². The van der Waals surface area contributed by atoms with Gasteiger partial charge in [-0.25, -0.2) is 4.79 Å². The van der Waals surface area contributed by atoms with E-state index in [4.69, 9.17) is 9.84 Å². The van der Waals surface area contributed by atoms with Crippen LogP contribution in [0.4, 0.5) is 11.5 Å². The van der Waals surface area contributed by atoms with Gasteiger partial charge in [0.2, 0.25) is 0 Å². The summed E-state index contributed by atoms with van der Waals surface area (Å²) in [7, 11) is 0. The summed E-state index contributed by atoms with van der Waals surface area (Å²) < 4.78 is 6.92. The monoisotopic (exact) mass is 333 g/mol. The number of ether oxygens (including phenoxy) is 1. The third kappa shape index (κ3) is 2.53. The van der Waals surface area contributed by atoms with Crippen LogP contribution in [0.5, 0.6) is 0 Å². The molecule has 0 amide bonds. The topological polar surface area (TPSA) is 96.6 Å². The molecule has 3 heterocycles. The zero-order valence-electron chi connectivity index (χ0n) is 12.0. The van der Waals surface area contributed by atoms with Crippen molar-refractivity contribution in [2.75, 3.05) is 11.9 Å². The highest BCUT2D eigenvalue weighted by Crippen LogP contribution is 2.42. The number of aliphatic hydroxyl groups excluding tert-OH is 2. The summed E-state index contributed by atoms with van der Waals surface area (Å²) >= 11 is 1.52. The first-order valence-corrected chi connectivity index (χ1v) is 8.09. The number of rotatable bonds is 2.